The summed E-state index contributed by atoms with van der Waals surface area (Å²) in [6.07, 6.45) is 0. The number of hydrogen-bond acceptors (Lipinski definition) is 15. The minimum atomic E-state index is -0.698. The zero-order valence-electron chi connectivity index (χ0n) is 34.2. The molecule has 7 rings (SSSR count). The van der Waals surface area contributed by atoms with E-state index >= 15 is 0 Å². The molecular formula is C45H43N7O8. The lowest BCUT2D eigenvalue weighted by molar-refractivity contribution is 0.0518. The van der Waals surface area contributed by atoms with Crippen molar-refractivity contribution in [3.05, 3.63) is 122 Å². The number of carbonyl (C=O) groups excluding carboxylic acids is 6. The van der Waals surface area contributed by atoms with Gasteiger partial charge in [-0.3, -0.25) is 34.0 Å². The van der Waals surface area contributed by atoms with Gasteiger partial charge < -0.3 is 9.47 Å². The molecule has 0 radical (unpaired) electrons. The second-order valence-electron chi connectivity index (χ2n) is 14.9. The molecule has 0 amide bonds. The van der Waals surface area contributed by atoms with Crippen LogP contribution >= 0.6 is 0 Å². The van der Waals surface area contributed by atoms with Crippen molar-refractivity contribution >= 4 is 35.1 Å². The third-order valence-corrected chi connectivity index (χ3v) is 10.1. The average Bonchev–Trinajstić information content (AvgIpc) is 3.20. The lowest BCUT2D eigenvalue weighted by Gasteiger charge is -2.25. The first-order valence-corrected chi connectivity index (χ1v) is 19.6. The molecule has 0 saturated carbocycles. The molecule has 7 heterocycles. The summed E-state index contributed by atoms with van der Waals surface area (Å²) in [6.45, 7) is 9.54. The number of hydrogen-bond donors (Lipinski definition) is 0. The molecule has 60 heavy (non-hydrogen) atoms. The predicted molar refractivity (Wildman–Crippen MR) is 217 cm³/mol. The van der Waals surface area contributed by atoms with Gasteiger partial charge in [0.1, 0.15) is 0 Å². The van der Waals surface area contributed by atoms with Crippen LogP contribution in [0, 0.1) is 0 Å². The Morgan fingerprint density at radius 2 is 0.717 bits per heavy atom. The van der Waals surface area contributed by atoms with Crippen molar-refractivity contribution in [3.8, 4) is 22.8 Å². The first-order chi connectivity index (χ1) is 28.7. The van der Waals surface area contributed by atoms with Crippen LogP contribution in [-0.2, 0) is 48.7 Å². The Balaban J connectivity index is 1.59. The third-order valence-electron chi connectivity index (χ3n) is 10.1. The van der Waals surface area contributed by atoms with E-state index in [0.29, 0.717) is 67.8 Å². The normalized spacial score (nSPS) is 15.6. The summed E-state index contributed by atoms with van der Waals surface area (Å²) in [5, 5.41) is 0. The van der Waals surface area contributed by atoms with Gasteiger partial charge in [0.2, 0.25) is 0 Å². The number of rotatable bonds is 8. The zero-order valence-corrected chi connectivity index (χ0v) is 34.2. The lowest BCUT2D eigenvalue weighted by atomic mass is 10.0. The molecule has 0 aromatic carbocycles. The summed E-state index contributed by atoms with van der Waals surface area (Å²) in [5.74, 6) is -2.26. The Kier molecular flexibility index (Phi) is 11.9. The zero-order chi connectivity index (χ0) is 42.8. The van der Waals surface area contributed by atoms with Gasteiger partial charge in [-0.15, -0.1) is 0 Å². The van der Waals surface area contributed by atoms with Crippen LogP contribution < -0.4 is 0 Å². The highest BCUT2D eigenvalue weighted by Gasteiger charge is 2.28. The fraction of sp³-hybridized carbons (Fsp3) is 0.311. The van der Waals surface area contributed by atoms with Crippen LogP contribution in [0.5, 0.6) is 0 Å². The van der Waals surface area contributed by atoms with E-state index in [0.717, 1.165) is 0 Å². The number of ether oxygens (including phenoxy) is 2. The van der Waals surface area contributed by atoms with Gasteiger partial charge in [-0.25, -0.2) is 29.5 Å². The van der Waals surface area contributed by atoms with Crippen LogP contribution in [0.1, 0.15) is 138 Å². The Morgan fingerprint density at radius 1 is 0.433 bits per heavy atom. The number of aromatic nitrogens is 5. The van der Waals surface area contributed by atoms with Crippen molar-refractivity contribution < 1.29 is 38.2 Å². The molecule has 2 aliphatic rings. The molecule has 0 N–H and O–H groups in total. The van der Waals surface area contributed by atoms with E-state index in [2.05, 4.69) is 0 Å². The van der Waals surface area contributed by atoms with Gasteiger partial charge in [-0.05, 0) is 96.1 Å². The van der Waals surface area contributed by atoms with Crippen molar-refractivity contribution in [1.82, 2.24) is 34.7 Å². The number of pyridine rings is 5. The Bertz CT molecular complexity index is 2320. The van der Waals surface area contributed by atoms with Gasteiger partial charge in [0.15, 0.2) is 23.1 Å². The minimum Gasteiger partial charge on any atom is -0.462 e. The maximum absolute atomic E-state index is 13.7. The molecule has 0 atom stereocenters. The fourth-order valence-corrected chi connectivity index (χ4v) is 7.29. The van der Waals surface area contributed by atoms with Gasteiger partial charge in [0.05, 0.1) is 81.3 Å². The Morgan fingerprint density at radius 3 is 0.967 bits per heavy atom. The number of Topliss-reactive ketones (excluding diaryl/α,β-unsaturated/α-hetero) is 4. The molecule has 0 spiro atoms. The maximum atomic E-state index is 13.7. The summed E-state index contributed by atoms with van der Waals surface area (Å²) in [4.78, 5) is 108. The molecule has 12 bridgehead atoms. The fourth-order valence-electron chi connectivity index (χ4n) is 7.29. The monoisotopic (exact) mass is 809 g/mol. The van der Waals surface area contributed by atoms with Crippen LogP contribution in [-0.4, -0.2) is 83.0 Å². The van der Waals surface area contributed by atoms with E-state index in [4.69, 9.17) is 34.4 Å². The first-order valence-electron chi connectivity index (χ1n) is 19.6. The first kappa shape index (κ1) is 41.4. The standard InChI is InChI=1S/C45H43N7O8/c1-7-59-44(57)36-17-37(45(58)60-8-2)43-23-52-20-34-11-30(26(5)55)15-40(48-34)38-13-28(24(3)53)9-32(46-38)18-51(22-42(36)50-43)19-33-10-29(25(4)54)14-39(47-33)41-16-31(27(6)56)12-35(21-52)49-41/h9-17H,7-8,18-23H2,1-6H3. The molecule has 0 fully saturated rings. The van der Waals surface area contributed by atoms with Crippen molar-refractivity contribution in [2.75, 3.05) is 13.2 Å². The largest absolute Gasteiger partial charge is 0.462 e. The van der Waals surface area contributed by atoms with Gasteiger partial charge >= 0.3 is 11.9 Å². The molecule has 0 saturated heterocycles. The highest BCUT2D eigenvalue weighted by molar-refractivity contribution is 5.98. The van der Waals surface area contributed by atoms with Crippen molar-refractivity contribution in [2.45, 2.75) is 80.8 Å². The van der Waals surface area contributed by atoms with Crippen LogP contribution in [0.25, 0.3) is 22.8 Å². The van der Waals surface area contributed by atoms with Gasteiger partial charge in [0.25, 0.3) is 0 Å². The summed E-state index contributed by atoms with van der Waals surface area (Å²) in [5.41, 5.74) is 5.37. The van der Waals surface area contributed by atoms with E-state index in [1.165, 1.54) is 33.8 Å². The van der Waals surface area contributed by atoms with E-state index in [1.807, 2.05) is 9.80 Å². The number of fused-ring (bicyclic) bond motifs is 12. The molecule has 5 aromatic rings. The summed E-state index contributed by atoms with van der Waals surface area (Å²) in [7, 11) is 0. The smallest absolute Gasteiger partial charge is 0.340 e. The number of esters is 2. The van der Waals surface area contributed by atoms with Crippen LogP contribution in [0.3, 0.4) is 0 Å². The summed E-state index contributed by atoms with van der Waals surface area (Å²) < 4.78 is 11.0. The van der Waals surface area contributed by atoms with Gasteiger partial charge in [-0.2, -0.15) is 0 Å². The second-order valence-corrected chi connectivity index (χ2v) is 14.9. The number of ketones is 4. The summed E-state index contributed by atoms with van der Waals surface area (Å²) in [6, 6.07) is 14.7. The van der Waals surface area contributed by atoms with E-state index in [9.17, 15) is 28.8 Å². The van der Waals surface area contributed by atoms with Crippen molar-refractivity contribution in [2.24, 2.45) is 0 Å². The molecular weight excluding hydrogens is 767 g/mol. The van der Waals surface area contributed by atoms with Crippen LogP contribution in [0.4, 0.5) is 0 Å². The highest BCUT2D eigenvalue weighted by Crippen LogP contribution is 2.29. The quantitative estimate of drug-likeness (QED) is 0.127. The second kappa shape index (κ2) is 17.3. The highest BCUT2D eigenvalue weighted by atomic mass is 16.5. The lowest BCUT2D eigenvalue weighted by Crippen LogP contribution is -2.29. The average molecular weight is 810 g/mol. The Hall–Kier alpha value is -6.71. The Labute approximate surface area is 346 Å². The molecule has 2 aliphatic heterocycles. The van der Waals surface area contributed by atoms with Crippen molar-refractivity contribution in [1.29, 1.82) is 0 Å². The van der Waals surface area contributed by atoms with Crippen molar-refractivity contribution in [3.63, 3.8) is 0 Å². The van der Waals surface area contributed by atoms with E-state index < -0.39 is 11.9 Å². The minimum absolute atomic E-state index is 0.00610. The molecule has 15 nitrogen and oxygen atoms in total. The summed E-state index contributed by atoms with van der Waals surface area (Å²) >= 11 is 0. The number of nitrogens with zero attached hydrogens (tertiary/aromatic N) is 7. The van der Waals surface area contributed by atoms with Crippen LogP contribution in [0.2, 0.25) is 0 Å². The number of carbonyl (C=O) groups is 6. The molecule has 306 valence electrons. The molecule has 0 aliphatic carbocycles. The maximum Gasteiger partial charge on any atom is 0.340 e. The topological polar surface area (TPSA) is 192 Å². The predicted octanol–water partition coefficient (Wildman–Crippen LogP) is 6.19. The van der Waals surface area contributed by atoms with E-state index in [-0.39, 0.29) is 98.1 Å². The molecule has 15 heteroatoms. The molecule has 0 unspecified atom stereocenters. The van der Waals surface area contributed by atoms with E-state index in [1.54, 1.807) is 62.4 Å². The third kappa shape index (κ3) is 9.12. The van der Waals surface area contributed by atoms with Gasteiger partial charge in [0, 0.05) is 61.5 Å². The van der Waals surface area contributed by atoms with Crippen LogP contribution in [0.15, 0.2) is 54.6 Å². The SMILES string of the molecule is CCOC(=O)c1cc(C(=O)OCC)c2nc1CN1Cc3cc(C(C)=O)cc(n3)-c3cc(C(C)=O)cc(n3)CN(Cc3cc(C(C)=O)cc(n3)-c3cc(C(C)=O)cc(n3)C1)C2. The van der Waals surface area contributed by atoms with Gasteiger partial charge in [-0.1, -0.05) is 0 Å². The molecule has 5 aromatic heterocycles.